The van der Waals surface area contributed by atoms with Crippen LogP contribution in [0.1, 0.15) is 31.9 Å². The maximum Gasteiger partial charge on any atom is 0.434 e. The van der Waals surface area contributed by atoms with Gasteiger partial charge in [0.15, 0.2) is 0 Å². The lowest BCUT2D eigenvalue weighted by atomic mass is 10.1. The molecule has 0 aliphatic carbocycles. The van der Waals surface area contributed by atoms with Crippen LogP contribution in [0.3, 0.4) is 0 Å². The molecule has 0 spiro atoms. The summed E-state index contributed by atoms with van der Waals surface area (Å²) in [5, 5.41) is 1.20. The Morgan fingerprint density at radius 3 is 2.30 bits per heavy atom. The van der Waals surface area contributed by atoms with Crippen LogP contribution in [0, 0.1) is 0 Å². The Bertz CT molecular complexity index is 765. The van der Waals surface area contributed by atoms with Gasteiger partial charge in [0, 0.05) is 5.56 Å². The average Bonchev–Trinajstić information content (AvgIpc) is 2.64. The zero-order valence-electron chi connectivity index (χ0n) is 16.4. The van der Waals surface area contributed by atoms with Crippen molar-refractivity contribution < 1.29 is 19.1 Å². The molecule has 1 amide bonds. The van der Waals surface area contributed by atoms with Crippen LogP contribution < -0.4 is 4.74 Å². The molecule has 5 heteroatoms. The van der Waals surface area contributed by atoms with Gasteiger partial charge in [0.05, 0.1) is 13.7 Å². The number of nitrogens with zero attached hydrogens (tertiary/aromatic N) is 1. The molecule has 0 unspecified atom stereocenters. The number of carbonyl (C=O) groups excluding carboxylic acids is 1. The zero-order valence-corrected chi connectivity index (χ0v) is 16.4. The zero-order chi connectivity index (χ0) is 19.9. The van der Waals surface area contributed by atoms with Gasteiger partial charge in [-0.15, -0.1) is 0 Å². The summed E-state index contributed by atoms with van der Waals surface area (Å²) in [7, 11) is 1.60. The first-order valence-electron chi connectivity index (χ1n) is 8.78. The van der Waals surface area contributed by atoms with Gasteiger partial charge in [-0.25, -0.2) is 4.79 Å². The molecule has 2 aromatic rings. The average molecular weight is 369 g/mol. The largest absolute Gasteiger partial charge is 0.496 e. The predicted octanol–water partition coefficient (Wildman–Crippen LogP) is 5.08. The monoisotopic (exact) mass is 369 g/mol. The highest BCUT2D eigenvalue weighted by atomic mass is 16.7. The van der Waals surface area contributed by atoms with Gasteiger partial charge < -0.3 is 9.47 Å². The molecule has 0 fully saturated rings. The van der Waals surface area contributed by atoms with Crippen molar-refractivity contribution >= 4 is 11.7 Å². The Morgan fingerprint density at radius 1 is 1.04 bits per heavy atom. The van der Waals surface area contributed by atoms with E-state index in [2.05, 4.69) is 6.58 Å². The van der Waals surface area contributed by atoms with Crippen LogP contribution in [-0.2, 0) is 16.2 Å². The van der Waals surface area contributed by atoms with Crippen LogP contribution in [0.25, 0.3) is 5.57 Å². The van der Waals surface area contributed by atoms with Crippen LogP contribution in [0.2, 0.25) is 0 Å². The number of hydrogen-bond donors (Lipinski definition) is 0. The standard InChI is InChI=1S/C22H27NO4/c1-17(19-13-9-10-14-20(19)25-5)15-23(21(24)27-22(2,3)4)26-16-18-11-7-6-8-12-18/h6-14H,1,15-16H2,2-5H3. The minimum Gasteiger partial charge on any atom is -0.496 e. The molecule has 0 aromatic heterocycles. The Balaban J connectivity index is 2.15. The van der Waals surface area contributed by atoms with Crippen LogP contribution in [0.15, 0.2) is 61.2 Å². The van der Waals surface area contributed by atoms with Crippen molar-refractivity contribution in [2.45, 2.75) is 33.0 Å². The predicted molar refractivity (Wildman–Crippen MR) is 106 cm³/mol. The smallest absolute Gasteiger partial charge is 0.434 e. The normalized spacial score (nSPS) is 11.0. The van der Waals surface area contributed by atoms with Crippen LogP contribution in [-0.4, -0.2) is 30.4 Å². The van der Waals surface area contributed by atoms with Crippen molar-refractivity contribution in [3.8, 4) is 5.75 Å². The number of amides is 1. The summed E-state index contributed by atoms with van der Waals surface area (Å²) < 4.78 is 10.9. The number of ether oxygens (including phenoxy) is 2. The van der Waals surface area contributed by atoms with Gasteiger partial charge in [0.25, 0.3) is 0 Å². The van der Waals surface area contributed by atoms with E-state index in [1.807, 2.05) is 75.4 Å². The van der Waals surface area contributed by atoms with Crippen molar-refractivity contribution in [3.05, 3.63) is 72.3 Å². The second-order valence-electron chi connectivity index (χ2n) is 7.08. The van der Waals surface area contributed by atoms with Gasteiger partial charge in [0.1, 0.15) is 18.0 Å². The van der Waals surface area contributed by atoms with E-state index < -0.39 is 11.7 Å². The molecule has 0 saturated heterocycles. The number of carbonyl (C=O) groups is 1. The number of hydroxylamine groups is 2. The van der Waals surface area contributed by atoms with E-state index >= 15 is 0 Å². The Labute approximate surface area is 161 Å². The molecule has 5 nitrogen and oxygen atoms in total. The first kappa shape index (κ1) is 20.5. The Kier molecular flexibility index (Phi) is 7.02. The van der Waals surface area contributed by atoms with E-state index in [-0.39, 0.29) is 13.2 Å². The summed E-state index contributed by atoms with van der Waals surface area (Å²) in [5.41, 5.74) is 1.83. The summed E-state index contributed by atoms with van der Waals surface area (Å²) in [5.74, 6) is 0.690. The lowest BCUT2D eigenvalue weighted by Gasteiger charge is -2.27. The van der Waals surface area contributed by atoms with Crippen molar-refractivity contribution in [3.63, 3.8) is 0 Å². The van der Waals surface area contributed by atoms with Gasteiger partial charge in [-0.05, 0) is 38.0 Å². The van der Waals surface area contributed by atoms with Gasteiger partial charge >= 0.3 is 6.09 Å². The molecule has 27 heavy (non-hydrogen) atoms. The first-order valence-corrected chi connectivity index (χ1v) is 8.78. The third-order valence-corrected chi connectivity index (χ3v) is 3.65. The molecule has 0 aliphatic rings. The van der Waals surface area contributed by atoms with E-state index in [0.29, 0.717) is 11.3 Å². The fourth-order valence-corrected chi connectivity index (χ4v) is 2.40. The number of hydrogen-bond acceptors (Lipinski definition) is 4. The molecule has 0 N–H and O–H groups in total. The number of methoxy groups -OCH3 is 1. The fourth-order valence-electron chi connectivity index (χ4n) is 2.40. The van der Waals surface area contributed by atoms with E-state index in [1.165, 1.54) is 5.06 Å². The Morgan fingerprint density at radius 2 is 1.67 bits per heavy atom. The maximum atomic E-state index is 12.6. The molecule has 0 bridgehead atoms. The molecule has 2 rings (SSSR count). The van der Waals surface area contributed by atoms with Crippen molar-refractivity contribution in [2.24, 2.45) is 0 Å². The lowest BCUT2D eigenvalue weighted by molar-refractivity contribution is -0.148. The maximum absolute atomic E-state index is 12.6. The molecule has 0 aliphatic heterocycles. The lowest BCUT2D eigenvalue weighted by Crippen LogP contribution is -2.37. The molecule has 0 radical (unpaired) electrons. The number of rotatable bonds is 7. The third kappa shape index (κ3) is 6.46. The summed E-state index contributed by atoms with van der Waals surface area (Å²) in [6, 6.07) is 17.2. The van der Waals surface area contributed by atoms with E-state index in [1.54, 1.807) is 7.11 Å². The molecule has 0 heterocycles. The number of benzene rings is 2. The third-order valence-electron chi connectivity index (χ3n) is 3.65. The van der Waals surface area contributed by atoms with Gasteiger partial charge in [-0.3, -0.25) is 4.84 Å². The highest BCUT2D eigenvalue weighted by molar-refractivity contribution is 5.74. The topological polar surface area (TPSA) is 48.0 Å². The minimum atomic E-state index is -0.628. The summed E-state index contributed by atoms with van der Waals surface area (Å²) in [6.07, 6.45) is -0.561. The second kappa shape index (κ2) is 9.24. The SMILES string of the molecule is C=C(CN(OCc1ccccc1)C(=O)OC(C)(C)C)c1ccccc1OC. The fraction of sp³-hybridized carbons (Fsp3) is 0.318. The highest BCUT2D eigenvalue weighted by Crippen LogP contribution is 2.26. The van der Waals surface area contributed by atoms with Crippen LogP contribution >= 0.6 is 0 Å². The molecular formula is C22H27NO4. The Hall–Kier alpha value is -2.79. The summed E-state index contributed by atoms with van der Waals surface area (Å²) in [4.78, 5) is 18.4. The second-order valence-corrected chi connectivity index (χ2v) is 7.08. The van der Waals surface area contributed by atoms with Gasteiger partial charge in [-0.2, -0.15) is 5.06 Å². The van der Waals surface area contributed by atoms with Gasteiger partial charge in [0.2, 0.25) is 0 Å². The van der Waals surface area contributed by atoms with E-state index in [4.69, 9.17) is 14.3 Å². The highest BCUT2D eigenvalue weighted by Gasteiger charge is 2.24. The van der Waals surface area contributed by atoms with Gasteiger partial charge in [-0.1, -0.05) is 55.1 Å². The first-order chi connectivity index (χ1) is 12.8. The molecule has 2 aromatic carbocycles. The summed E-state index contributed by atoms with van der Waals surface area (Å²) >= 11 is 0. The minimum absolute atomic E-state index is 0.155. The van der Waals surface area contributed by atoms with Crippen molar-refractivity contribution in [1.82, 2.24) is 5.06 Å². The molecule has 0 atom stereocenters. The van der Waals surface area contributed by atoms with Crippen LogP contribution in [0.4, 0.5) is 4.79 Å². The van der Waals surface area contributed by atoms with Crippen LogP contribution in [0.5, 0.6) is 5.75 Å². The molecule has 144 valence electrons. The van der Waals surface area contributed by atoms with Crippen molar-refractivity contribution in [2.75, 3.05) is 13.7 Å². The van der Waals surface area contributed by atoms with E-state index in [9.17, 15) is 4.79 Å². The molecule has 0 saturated carbocycles. The van der Waals surface area contributed by atoms with Crippen molar-refractivity contribution in [1.29, 1.82) is 0 Å². The molecular weight excluding hydrogens is 342 g/mol. The number of para-hydroxylation sites is 1. The summed E-state index contributed by atoms with van der Waals surface area (Å²) in [6.45, 7) is 9.95. The quantitative estimate of drug-likeness (QED) is 0.639. The van der Waals surface area contributed by atoms with E-state index in [0.717, 1.165) is 11.1 Å².